The first-order chi connectivity index (χ1) is 12.5. The summed E-state index contributed by atoms with van der Waals surface area (Å²) in [5.74, 6) is -0.339. The molecule has 3 rings (SSSR count). The summed E-state index contributed by atoms with van der Waals surface area (Å²) in [4.78, 5) is 28.1. The molecule has 1 N–H and O–H groups in total. The van der Waals surface area contributed by atoms with Crippen LogP contribution in [0.2, 0.25) is 0 Å². The summed E-state index contributed by atoms with van der Waals surface area (Å²) in [6.45, 7) is 1.27. The van der Waals surface area contributed by atoms with Crippen molar-refractivity contribution in [3.05, 3.63) is 64.1 Å². The Kier molecular flexibility index (Phi) is 5.18. The van der Waals surface area contributed by atoms with Gasteiger partial charge in [0.2, 0.25) is 11.5 Å². The van der Waals surface area contributed by atoms with Crippen molar-refractivity contribution in [2.24, 2.45) is 4.99 Å². The van der Waals surface area contributed by atoms with Gasteiger partial charge in [-0.15, -0.1) is 0 Å². The molecule has 0 bridgehead atoms. The number of halogens is 1. The molecule has 0 radical (unpaired) electrons. The van der Waals surface area contributed by atoms with Crippen LogP contribution < -0.4 is 15.6 Å². The molecule has 0 spiro atoms. The molecule has 0 aliphatic heterocycles. The van der Waals surface area contributed by atoms with Crippen LogP contribution in [0.4, 0.5) is 5.69 Å². The third kappa shape index (κ3) is 4.00. The van der Waals surface area contributed by atoms with Crippen LogP contribution in [0.15, 0.2) is 62.4 Å². The monoisotopic (exact) mass is 414 g/mol. The predicted molar refractivity (Wildman–Crippen MR) is 100 cm³/mol. The molecule has 0 aliphatic rings. The number of nitrogens with zero attached hydrogens (tertiary/aromatic N) is 1. The summed E-state index contributed by atoms with van der Waals surface area (Å²) in [5, 5.41) is 2.96. The van der Waals surface area contributed by atoms with E-state index >= 15 is 0 Å². The van der Waals surface area contributed by atoms with Crippen molar-refractivity contribution < 1.29 is 18.7 Å². The van der Waals surface area contributed by atoms with E-state index in [1.165, 1.54) is 6.92 Å². The minimum Gasteiger partial charge on any atom is -0.497 e. The summed E-state index contributed by atoms with van der Waals surface area (Å²) in [6, 6.07) is 14.1. The van der Waals surface area contributed by atoms with Crippen LogP contribution in [0.1, 0.15) is 17.3 Å². The second kappa shape index (κ2) is 7.53. The average Bonchev–Trinajstić information content (AvgIpc) is 2.61. The molecule has 0 saturated carbocycles. The number of fused-ring (bicyclic) bond motifs is 1. The van der Waals surface area contributed by atoms with Crippen molar-refractivity contribution in [2.75, 3.05) is 7.11 Å². The zero-order valence-corrected chi connectivity index (χ0v) is 15.7. The molecule has 1 heterocycles. The number of hydrogen-bond acceptors (Lipinski definition) is 5. The largest absolute Gasteiger partial charge is 0.497 e. The number of carbonyl (C=O) groups excluding carboxylic acids is 2. The first-order valence-corrected chi connectivity index (χ1v) is 8.49. The normalized spacial score (nSPS) is 11.4. The summed E-state index contributed by atoms with van der Waals surface area (Å²) in [7, 11) is 1.58. The highest BCUT2D eigenvalue weighted by Gasteiger charge is 2.14. The number of benzene rings is 2. The van der Waals surface area contributed by atoms with Crippen LogP contribution in [0.25, 0.3) is 11.0 Å². The van der Waals surface area contributed by atoms with Crippen LogP contribution in [-0.4, -0.2) is 18.9 Å². The Morgan fingerprint density at radius 3 is 2.50 bits per heavy atom. The third-order valence-corrected chi connectivity index (χ3v) is 4.04. The van der Waals surface area contributed by atoms with E-state index in [-0.39, 0.29) is 11.1 Å². The van der Waals surface area contributed by atoms with Crippen molar-refractivity contribution in [3.63, 3.8) is 0 Å². The summed E-state index contributed by atoms with van der Waals surface area (Å²) in [5.41, 5.74) is 1.44. The first-order valence-electron chi connectivity index (χ1n) is 7.70. The lowest BCUT2D eigenvalue weighted by molar-refractivity contribution is -0.118. The summed E-state index contributed by atoms with van der Waals surface area (Å²) < 4.78 is 11.8. The number of hydrogen-bond donors (Lipinski definition) is 1. The summed E-state index contributed by atoms with van der Waals surface area (Å²) in [6.07, 6.45) is 0. The van der Waals surface area contributed by atoms with Gasteiger partial charge in [0.1, 0.15) is 16.9 Å². The number of imide groups is 1. The van der Waals surface area contributed by atoms with Gasteiger partial charge in [0.15, 0.2) is 0 Å². The zero-order valence-electron chi connectivity index (χ0n) is 14.1. The van der Waals surface area contributed by atoms with Crippen LogP contribution in [0.3, 0.4) is 0 Å². The van der Waals surface area contributed by atoms with E-state index in [1.54, 1.807) is 43.5 Å². The van der Waals surface area contributed by atoms with Gasteiger partial charge < -0.3 is 9.15 Å². The smallest absolute Gasteiger partial charge is 0.263 e. The van der Waals surface area contributed by atoms with Crippen molar-refractivity contribution in [2.45, 2.75) is 6.92 Å². The fourth-order valence-electron chi connectivity index (χ4n) is 2.35. The Bertz CT molecular complexity index is 1060. The Morgan fingerprint density at radius 2 is 1.85 bits per heavy atom. The molecule has 26 heavy (non-hydrogen) atoms. The second-order valence-electron chi connectivity index (χ2n) is 5.47. The molecule has 132 valence electrons. The maximum absolute atomic E-state index is 12.4. The highest BCUT2D eigenvalue weighted by atomic mass is 79.9. The Labute approximate surface area is 157 Å². The molecule has 1 aromatic heterocycles. The maximum Gasteiger partial charge on any atom is 0.263 e. The highest BCUT2D eigenvalue weighted by molar-refractivity contribution is 9.10. The number of amides is 2. The number of ether oxygens (including phenoxy) is 1. The van der Waals surface area contributed by atoms with Gasteiger partial charge in [-0.25, -0.2) is 4.99 Å². The average molecular weight is 415 g/mol. The van der Waals surface area contributed by atoms with Crippen molar-refractivity contribution in [1.29, 1.82) is 0 Å². The fourth-order valence-corrected chi connectivity index (χ4v) is 2.73. The fraction of sp³-hybridized carbons (Fsp3) is 0.105. The number of rotatable bonds is 3. The topological polar surface area (TPSA) is 80.9 Å². The Morgan fingerprint density at radius 1 is 1.12 bits per heavy atom. The molecule has 0 saturated heterocycles. The molecule has 0 atom stereocenters. The van der Waals surface area contributed by atoms with Gasteiger partial charge in [0.25, 0.3) is 5.91 Å². The molecule has 0 aliphatic carbocycles. The number of carbonyl (C=O) groups is 2. The predicted octanol–water partition coefficient (Wildman–Crippen LogP) is 3.71. The van der Waals surface area contributed by atoms with Gasteiger partial charge in [0.05, 0.1) is 12.8 Å². The van der Waals surface area contributed by atoms with Gasteiger partial charge in [0, 0.05) is 16.8 Å². The molecule has 0 fully saturated rings. The first kappa shape index (κ1) is 17.9. The lowest BCUT2D eigenvalue weighted by Crippen LogP contribution is -2.32. The van der Waals surface area contributed by atoms with Crippen molar-refractivity contribution in [1.82, 2.24) is 5.32 Å². The number of nitrogens with one attached hydrogen (secondary N) is 1. The highest BCUT2D eigenvalue weighted by Crippen LogP contribution is 2.21. The molecule has 2 amide bonds. The lowest BCUT2D eigenvalue weighted by Gasteiger charge is -2.05. The molecule has 3 aromatic rings. The van der Waals surface area contributed by atoms with Gasteiger partial charge in [-0.1, -0.05) is 15.9 Å². The van der Waals surface area contributed by atoms with Crippen LogP contribution in [0, 0.1) is 0 Å². The number of methoxy groups -OCH3 is 1. The van der Waals surface area contributed by atoms with Crippen molar-refractivity contribution >= 4 is 44.4 Å². The standard InChI is InChI=1S/C19H15BrN2O4/c1-11(23)21-18(24)16-10-12-9-13(20)3-8-17(12)26-19(16)22-14-4-6-15(25-2)7-5-14/h3-10H,1-2H3,(H,21,23,24). The summed E-state index contributed by atoms with van der Waals surface area (Å²) >= 11 is 3.39. The molecule has 2 aromatic carbocycles. The van der Waals surface area contributed by atoms with Gasteiger partial charge in [-0.2, -0.15) is 0 Å². The molecule has 7 heteroatoms. The van der Waals surface area contributed by atoms with E-state index in [2.05, 4.69) is 26.2 Å². The van der Waals surface area contributed by atoms with Crippen molar-refractivity contribution in [3.8, 4) is 5.75 Å². The van der Waals surface area contributed by atoms with Gasteiger partial charge in [-0.3, -0.25) is 14.9 Å². The lowest BCUT2D eigenvalue weighted by atomic mass is 10.1. The molecular formula is C19H15BrN2O4. The van der Waals surface area contributed by atoms with E-state index in [0.717, 1.165) is 4.47 Å². The maximum atomic E-state index is 12.4. The minimum absolute atomic E-state index is 0.115. The zero-order chi connectivity index (χ0) is 18.7. The van der Waals surface area contributed by atoms with Crippen LogP contribution in [-0.2, 0) is 4.79 Å². The third-order valence-electron chi connectivity index (χ3n) is 3.55. The van der Waals surface area contributed by atoms with E-state index in [4.69, 9.17) is 9.15 Å². The quantitative estimate of drug-likeness (QED) is 0.707. The van der Waals surface area contributed by atoms with Gasteiger partial charge >= 0.3 is 0 Å². The van der Waals surface area contributed by atoms with Gasteiger partial charge in [-0.05, 0) is 48.5 Å². The Balaban J connectivity index is 2.19. The minimum atomic E-state index is -0.574. The van der Waals surface area contributed by atoms with Crippen LogP contribution >= 0.6 is 15.9 Å². The molecule has 6 nitrogen and oxygen atoms in total. The van der Waals surface area contributed by atoms with E-state index < -0.39 is 11.8 Å². The molecular weight excluding hydrogens is 400 g/mol. The van der Waals surface area contributed by atoms with E-state index in [0.29, 0.717) is 22.4 Å². The SMILES string of the molecule is COc1ccc(N=c2oc3ccc(Br)cc3cc2C(=O)NC(C)=O)cc1. The Hall–Kier alpha value is -2.93. The molecule has 0 unspecified atom stereocenters. The van der Waals surface area contributed by atoms with E-state index in [1.807, 2.05) is 12.1 Å². The second-order valence-corrected chi connectivity index (χ2v) is 6.38. The van der Waals surface area contributed by atoms with E-state index in [9.17, 15) is 9.59 Å². The van der Waals surface area contributed by atoms with Crippen LogP contribution in [0.5, 0.6) is 5.75 Å².